The molecule has 128 valence electrons. The molecule has 0 spiro atoms. The summed E-state index contributed by atoms with van der Waals surface area (Å²) in [7, 11) is 0. The second-order valence-corrected chi connectivity index (χ2v) is 6.03. The second kappa shape index (κ2) is 7.63. The molecule has 1 aromatic heterocycles. The van der Waals surface area contributed by atoms with Crippen LogP contribution < -0.4 is 5.32 Å². The topological polar surface area (TPSA) is 68.0 Å². The molecule has 8 heteroatoms. The lowest BCUT2D eigenvalue weighted by molar-refractivity contribution is -0.116. The van der Waals surface area contributed by atoms with E-state index in [0.717, 1.165) is 0 Å². The molecule has 1 amide bonds. The van der Waals surface area contributed by atoms with E-state index in [4.69, 9.17) is 27.7 Å². The maximum absolute atomic E-state index is 12.9. The first kappa shape index (κ1) is 17.4. The third-order valence-corrected chi connectivity index (χ3v) is 3.90. The number of carbonyl (C=O) groups is 1. The average Bonchev–Trinajstić information content (AvgIpc) is 3.06. The van der Waals surface area contributed by atoms with Crippen LogP contribution >= 0.6 is 23.2 Å². The van der Waals surface area contributed by atoms with E-state index in [9.17, 15) is 9.18 Å². The molecule has 2 aromatic carbocycles. The van der Waals surface area contributed by atoms with Gasteiger partial charge in [-0.1, -0.05) is 28.4 Å². The molecule has 0 aliphatic rings. The van der Waals surface area contributed by atoms with Gasteiger partial charge < -0.3 is 9.84 Å². The highest BCUT2D eigenvalue weighted by Crippen LogP contribution is 2.25. The van der Waals surface area contributed by atoms with Crippen molar-refractivity contribution in [2.45, 2.75) is 12.8 Å². The molecule has 5 nitrogen and oxygen atoms in total. The van der Waals surface area contributed by atoms with Crippen molar-refractivity contribution in [1.82, 2.24) is 10.1 Å². The number of aromatic nitrogens is 2. The molecule has 0 atom stereocenters. The fourth-order valence-corrected chi connectivity index (χ4v) is 2.44. The van der Waals surface area contributed by atoms with Gasteiger partial charge in [0, 0.05) is 23.4 Å². The fourth-order valence-electron chi connectivity index (χ4n) is 2.10. The molecular weight excluding hydrogens is 368 g/mol. The summed E-state index contributed by atoms with van der Waals surface area (Å²) >= 11 is 11.9. The van der Waals surface area contributed by atoms with Crippen LogP contribution in [-0.4, -0.2) is 16.0 Å². The van der Waals surface area contributed by atoms with E-state index in [1.807, 2.05) is 0 Å². The van der Waals surface area contributed by atoms with E-state index in [1.165, 1.54) is 12.1 Å². The Morgan fingerprint density at radius 3 is 2.68 bits per heavy atom. The molecule has 1 heterocycles. The maximum atomic E-state index is 12.9. The molecule has 0 saturated carbocycles. The minimum Gasteiger partial charge on any atom is -0.339 e. The summed E-state index contributed by atoms with van der Waals surface area (Å²) in [6.07, 6.45) is 0.395. The Labute approximate surface area is 152 Å². The summed E-state index contributed by atoms with van der Waals surface area (Å²) in [6.45, 7) is 0. The molecule has 3 rings (SSSR count). The number of anilines is 1. The molecule has 0 saturated heterocycles. The number of nitrogens with zero attached hydrogens (tertiary/aromatic N) is 2. The zero-order chi connectivity index (χ0) is 17.8. The smallest absolute Gasteiger partial charge is 0.227 e. The molecule has 0 fully saturated rings. The first-order valence-electron chi connectivity index (χ1n) is 7.35. The number of hydrogen-bond acceptors (Lipinski definition) is 4. The Bertz CT molecular complexity index is 897. The summed E-state index contributed by atoms with van der Waals surface area (Å²) in [5.41, 5.74) is 1.07. The van der Waals surface area contributed by atoms with Gasteiger partial charge in [0.05, 0.1) is 10.7 Å². The number of hydrogen-bond donors (Lipinski definition) is 1. The Kier molecular flexibility index (Phi) is 5.31. The van der Waals surface area contributed by atoms with Gasteiger partial charge in [-0.25, -0.2) is 4.39 Å². The highest BCUT2D eigenvalue weighted by atomic mass is 35.5. The number of carbonyl (C=O) groups excluding carboxylic acids is 1. The molecule has 0 radical (unpaired) electrons. The van der Waals surface area contributed by atoms with Crippen molar-refractivity contribution < 1.29 is 13.7 Å². The summed E-state index contributed by atoms with van der Waals surface area (Å²) in [4.78, 5) is 16.2. The lowest BCUT2D eigenvalue weighted by Crippen LogP contribution is -2.12. The molecule has 0 aliphatic carbocycles. The van der Waals surface area contributed by atoms with Gasteiger partial charge in [-0.3, -0.25) is 4.79 Å². The van der Waals surface area contributed by atoms with E-state index in [-0.39, 0.29) is 24.6 Å². The van der Waals surface area contributed by atoms with Crippen LogP contribution in [0.2, 0.25) is 10.0 Å². The van der Waals surface area contributed by atoms with Gasteiger partial charge in [-0.2, -0.15) is 4.98 Å². The van der Waals surface area contributed by atoms with E-state index in [1.54, 1.807) is 30.3 Å². The molecule has 0 bridgehead atoms. The van der Waals surface area contributed by atoms with Gasteiger partial charge >= 0.3 is 0 Å². The lowest BCUT2D eigenvalue weighted by Gasteiger charge is -2.06. The normalized spacial score (nSPS) is 10.7. The van der Waals surface area contributed by atoms with E-state index < -0.39 is 0 Å². The zero-order valence-electron chi connectivity index (χ0n) is 12.8. The van der Waals surface area contributed by atoms with Gasteiger partial charge in [0.25, 0.3) is 0 Å². The number of aryl methyl sites for hydroxylation is 1. The molecule has 0 unspecified atom stereocenters. The Morgan fingerprint density at radius 1 is 1.16 bits per heavy atom. The average molecular weight is 380 g/mol. The molecule has 3 aromatic rings. The van der Waals surface area contributed by atoms with Crippen LogP contribution in [0.3, 0.4) is 0 Å². The van der Waals surface area contributed by atoms with Crippen LogP contribution in [0, 0.1) is 5.82 Å². The Morgan fingerprint density at radius 2 is 1.92 bits per heavy atom. The first-order valence-corrected chi connectivity index (χ1v) is 8.10. The summed E-state index contributed by atoms with van der Waals surface area (Å²) in [5, 5.41) is 7.37. The Hall–Kier alpha value is -2.44. The minimum atomic E-state index is -0.344. The maximum Gasteiger partial charge on any atom is 0.227 e. The van der Waals surface area contributed by atoms with Crippen LogP contribution in [0.4, 0.5) is 10.1 Å². The zero-order valence-corrected chi connectivity index (χ0v) is 14.3. The monoisotopic (exact) mass is 379 g/mol. The molecule has 1 N–H and O–H groups in total. The van der Waals surface area contributed by atoms with Gasteiger partial charge in [0.2, 0.25) is 17.6 Å². The highest BCUT2D eigenvalue weighted by Gasteiger charge is 2.12. The number of amides is 1. The summed E-state index contributed by atoms with van der Waals surface area (Å²) in [6, 6.07) is 10.5. The number of halogens is 3. The SMILES string of the molecule is O=C(CCc1nc(-c2ccc(F)cc2)no1)Nc1cc(Cl)ccc1Cl. The van der Waals surface area contributed by atoms with E-state index >= 15 is 0 Å². The van der Waals surface area contributed by atoms with Crippen LogP contribution in [0.5, 0.6) is 0 Å². The lowest BCUT2D eigenvalue weighted by atomic mass is 10.2. The van der Waals surface area contributed by atoms with Gasteiger partial charge in [0.1, 0.15) is 5.82 Å². The predicted molar refractivity (Wildman–Crippen MR) is 93.1 cm³/mol. The van der Waals surface area contributed by atoms with Gasteiger partial charge in [0.15, 0.2) is 0 Å². The fraction of sp³-hybridized carbons (Fsp3) is 0.118. The van der Waals surface area contributed by atoms with Gasteiger partial charge in [-0.15, -0.1) is 0 Å². The van der Waals surface area contributed by atoms with Crippen molar-refractivity contribution >= 4 is 34.8 Å². The summed E-state index contributed by atoms with van der Waals surface area (Å²) < 4.78 is 18.0. The third kappa shape index (κ3) is 4.55. The standard InChI is InChI=1S/C17H12Cl2FN3O2/c18-11-3-6-13(19)14(9-11)21-15(24)7-8-16-22-17(23-25-16)10-1-4-12(20)5-2-10/h1-6,9H,7-8H2,(H,21,24). The third-order valence-electron chi connectivity index (χ3n) is 3.34. The molecule has 25 heavy (non-hydrogen) atoms. The van der Waals surface area contributed by atoms with E-state index in [2.05, 4.69) is 15.5 Å². The quantitative estimate of drug-likeness (QED) is 0.694. The van der Waals surface area contributed by atoms with Crippen LogP contribution in [0.1, 0.15) is 12.3 Å². The van der Waals surface area contributed by atoms with Crippen LogP contribution in [0.25, 0.3) is 11.4 Å². The number of benzene rings is 2. The predicted octanol–water partition coefficient (Wildman–Crippen LogP) is 4.75. The number of rotatable bonds is 5. The van der Waals surface area contributed by atoms with Crippen molar-refractivity contribution in [3.8, 4) is 11.4 Å². The highest BCUT2D eigenvalue weighted by molar-refractivity contribution is 6.35. The minimum absolute atomic E-state index is 0.133. The summed E-state index contributed by atoms with van der Waals surface area (Å²) in [5.74, 6) is 0.0504. The second-order valence-electron chi connectivity index (χ2n) is 5.19. The van der Waals surface area contributed by atoms with Gasteiger partial charge in [-0.05, 0) is 42.5 Å². The van der Waals surface area contributed by atoms with Crippen LogP contribution in [0.15, 0.2) is 47.0 Å². The van der Waals surface area contributed by atoms with Crippen LogP contribution in [-0.2, 0) is 11.2 Å². The van der Waals surface area contributed by atoms with Crippen molar-refractivity contribution in [3.05, 3.63) is 64.2 Å². The van der Waals surface area contributed by atoms with Crippen molar-refractivity contribution in [2.75, 3.05) is 5.32 Å². The van der Waals surface area contributed by atoms with Crippen molar-refractivity contribution in [1.29, 1.82) is 0 Å². The largest absolute Gasteiger partial charge is 0.339 e. The van der Waals surface area contributed by atoms with Crippen molar-refractivity contribution in [3.63, 3.8) is 0 Å². The molecular formula is C17H12Cl2FN3O2. The van der Waals surface area contributed by atoms with E-state index in [0.29, 0.717) is 33.0 Å². The Balaban J connectivity index is 1.59. The first-order chi connectivity index (χ1) is 12.0. The van der Waals surface area contributed by atoms with Crippen molar-refractivity contribution in [2.24, 2.45) is 0 Å². The molecule has 0 aliphatic heterocycles. The number of nitrogens with one attached hydrogen (secondary N) is 1.